The number of hydrogen-bond donors (Lipinski definition) is 2. The number of nitrogens with zero attached hydrogens (tertiary/aromatic N) is 1. The van der Waals surface area contributed by atoms with Gasteiger partial charge in [-0.3, -0.25) is 0 Å². The van der Waals surface area contributed by atoms with E-state index in [1.165, 1.54) is 64.5 Å². The summed E-state index contributed by atoms with van der Waals surface area (Å²) in [5.41, 5.74) is 0. The summed E-state index contributed by atoms with van der Waals surface area (Å²) in [4.78, 5) is 2.60. The quantitative estimate of drug-likeness (QED) is 0.501. The fraction of sp³-hybridized carbons (Fsp3) is 1.00. The third kappa shape index (κ3) is 4.95. The molecule has 2 rings (SSSR count). The summed E-state index contributed by atoms with van der Waals surface area (Å²) in [6.07, 6.45) is 11.9. The van der Waals surface area contributed by atoms with Crippen molar-refractivity contribution in [1.82, 2.24) is 4.90 Å². The molecular weight excluding hydrogens is 254 g/mol. The minimum atomic E-state index is 0.00170. The first-order valence-electron chi connectivity index (χ1n) is 8.32. The highest BCUT2D eigenvalue weighted by molar-refractivity contribution is 7.80. The van der Waals surface area contributed by atoms with Crippen molar-refractivity contribution in [1.29, 1.82) is 0 Å². The van der Waals surface area contributed by atoms with Gasteiger partial charge in [0, 0.05) is 19.0 Å². The minimum Gasteiger partial charge on any atom is -0.393 e. The van der Waals surface area contributed by atoms with Gasteiger partial charge in [0.15, 0.2) is 0 Å². The second-order valence-electron chi connectivity index (χ2n) is 6.53. The van der Waals surface area contributed by atoms with Crippen LogP contribution in [0.15, 0.2) is 0 Å². The molecule has 19 heavy (non-hydrogen) atoms. The largest absolute Gasteiger partial charge is 0.393 e. The van der Waals surface area contributed by atoms with Gasteiger partial charge in [0.1, 0.15) is 0 Å². The van der Waals surface area contributed by atoms with Gasteiger partial charge in [0.25, 0.3) is 0 Å². The number of likely N-dealkylation sites (tertiary alicyclic amines) is 1. The first kappa shape index (κ1) is 15.7. The van der Waals surface area contributed by atoms with Crippen molar-refractivity contribution in [2.24, 2.45) is 11.8 Å². The van der Waals surface area contributed by atoms with Gasteiger partial charge in [-0.1, -0.05) is 32.1 Å². The van der Waals surface area contributed by atoms with Crippen LogP contribution in [0.3, 0.4) is 0 Å². The van der Waals surface area contributed by atoms with Crippen LogP contribution in [0.2, 0.25) is 0 Å². The van der Waals surface area contributed by atoms with Crippen molar-refractivity contribution in [2.75, 3.05) is 25.4 Å². The van der Waals surface area contributed by atoms with Crippen LogP contribution in [0, 0.1) is 11.8 Å². The Morgan fingerprint density at radius 3 is 2.26 bits per heavy atom. The number of unbranched alkanes of at least 4 members (excludes halogenated alkanes) is 6. The zero-order valence-corrected chi connectivity index (χ0v) is 13.2. The van der Waals surface area contributed by atoms with Crippen LogP contribution in [-0.2, 0) is 0 Å². The molecule has 0 spiro atoms. The molecule has 112 valence electrons. The molecule has 0 radical (unpaired) electrons. The Labute approximate surface area is 124 Å². The summed E-state index contributed by atoms with van der Waals surface area (Å²) in [6, 6.07) is 0. The van der Waals surface area contributed by atoms with E-state index in [0.717, 1.165) is 24.6 Å². The summed E-state index contributed by atoms with van der Waals surface area (Å²) in [6.45, 7) is 3.67. The van der Waals surface area contributed by atoms with Gasteiger partial charge in [-0.05, 0) is 43.9 Å². The highest BCUT2D eigenvalue weighted by Crippen LogP contribution is 2.38. The van der Waals surface area contributed by atoms with Gasteiger partial charge in [-0.2, -0.15) is 12.6 Å². The summed E-state index contributed by atoms with van der Waals surface area (Å²) >= 11 is 4.24. The van der Waals surface area contributed by atoms with E-state index in [9.17, 15) is 5.11 Å². The average Bonchev–Trinajstić information content (AvgIpc) is 2.95. The van der Waals surface area contributed by atoms with Crippen LogP contribution in [0.5, 0.6) is 0 Å². The van der Waals surface area contributed by atoms with Crippen molar-refractivity contribution in [3.05, 3.63) is 0 Å². The summed E-state index contributed by atoms with van der Waals surface area (Å²) < 4.78 is 0. The molecule has 0 amide bonds. The molecule has 2 aliphatic rings. The van der Waals surface area contributed by atoms with E-state index in [1.54, 1.807) is 0 Å². The zero-order chi connectivity index (χ0) is 13.5. The summed E-state index contributed by atoms with van der Waals surface area (Å²) in [5, 5.41) is 9.90. The van der Waals surface area contributed by atoms with Gasteiger partial charge in [0.2, 0.25) is 0 Å². The first-order valence-corrected chi connectivity index (χ1v) is 8.96. The molecule has 0 bridgehead atoms. The van der Waals surface area contributed by atoms with Crippen LogP contribution in [0.4, 0.5) is 0 Å². The minimum absolute atomic E-state index is 0.00170. The maximum Gasteiger partial charge on any atom is 0.0583 e. The van der Waals surface area contributed by atoms with Crippen LogP contribution < -0.4 is 0 Å². The van der Waals surface area contributed by atoms with Crippen LogP contribution in [0.1, 0.15) is 57.8 Å². The normalized spacial score (nSPS) is 30.9. The topological polar surface area (TPSA) is 23.5 Å². The summed E-state index contributed by atoms with van der Waals surface area (Å²) in [5.74, 6) is 2.45. The maximum absolute atomic E-state index is 9.90. The van der Waals surface area contributed by atoms with E-state index in [2.05, 4.69) is 17.5 Å². The molecule has 2 fully saturated rings. The van der Waals surface area contributed by atoms with Crippen LogP contribution in [0.25, 0.3) is 0 Å². The van der Waals surface area contributed by atoms with Gasteiger partial charge < -0.3 is 10.0 Å². The van der Waals surface area contributed by atoms with E-state index in [1.807, 2.05) is 0 Å². The first-order chi connectivity index (χ1) is 9.31. The highest BCUT2D eigenvalue weighted by Gasteiger charge is 2.41. The monoisotopic (exact) mass is 285 g/mol. The summed E-state index contributed by atoms with van der Waals surface area (Å²) in [7, 11) is 0. The average molecular weight is 285 g/mol. The van der Waals surface area contributed by atoms with Crippen LogP contribution in [-0.4, -0.2) is 41.5 Å². The molecule has 0 aromatic heterocycles. The smallest absolute Gasteiger partial charge is 0.0583 e. The Kier molecular flexibility index (Phi) is 7.03. The van der Waals surface area contributed by atoms with Crippen molar-refractivity contribution in [3.63, 3.8) is 0 Å². The Bertz CT molecular complexity index is 249. The van der Waals surface area contributed by atoms with E-state index >= 15 is 0 Å². The lowest BCUT2D eigenvalue weighted by molar-refractivity contribution is 0.124. The van der Waals surface area contributed by atoms with Gasteiger partial charge in [0.05, 0.1) is 6.10 Å². The molecule has 0 aromatic rings. The molecule has 3 heteroatoms. The van der Waals surface area contributed by atoms with E-state index in [-0.39, 0.29) is 6.10 Å². The fourth-order valence-electron chi connectivity index (χ4n) is 3.84. The van der Waals surface area contributed by atoms with Crippen molar-refractivity contribution < 1.29 is 5.11 Å². The Balaban J connectivity index is 1.44. The second kappa shape index (κ2) is 8.53. The van der Waals surface area contributed by atoms with E-state index in [0.29, 0.717) is 5.92 Å². The standard InChI is InChI=1S/C16H31NOS/c18-16-9-8-14-12-17(13-15(14)16)10-6-4-2-1-3-5-7-11-19/h14-16,18-19H,1-13H2. The van der Waals surface area contributed by atoms with E-state index in [4.69, 9.17) is 0 Å². The van der Waals surface area contributed by atoms with Crippen molar-refractivity contribution in [2.45, 2.75) is 63.9 Å². The van der Waals surface area contributed by atoms with Gasteiger partial charge in [-0.25, -0.2) is 0 Å². The third-order valence-corrected chi connectivity index (χ3v) is 5.34. The Morgan fingerprint density at radius 2 is 1.58 bits per heavy atom. The van der Waals surface area contributed by atoms with E-state index < -0.39 is 0 Å². The Hall–Kier alpha value is 0.270. The molecule has 1 N–H and O–H groups in total. The SMILES string of the molecule is OC1CCC2CN(CCCCCCCCCS)CC12. The molecule has 1 aliphatic heterocycles. The lowest BCUT2D eigenvalue weighted by Crippen LogP contribution is -2.25. The number of aliphatic hydroxyl groups excluding tert-OH is 1. The predicted octanol–water partition coefficient (Wildman–Crippen LogP) is 3.35. The fourth-order valence-corrected chi connectivity index (χ4v) is 4.07. The second-order valence-corrected chi connectivity index (χ2v) is 6.97. The Morgan fingerprint density at radius 1 is 0.895 bits per heavy atom. The number of fused-ring (bicyclic) bond motifs is 1. The number of thiol groups is 1. The zero-order valence-electron chi connectivity index (χ0n) is 12.3. The van der Waals surface area contributed by atoms with Gasteiger partial charge in [-0.15, -0.1) is 0 Å². The third-order valence-electron chi connectivity index (χ3n) is 5.03. The van der Waals surface area contributed by atoms with Crippen LogP contribution >= 0.6 is 12.6 Å². The lowest BCUT2D eigenvalue weighted by atomic mass is 10.00. The highest BCUT2D eigenvalue weighted by atomic mass is 32.1. The number of rotatable bonds is 9. The number of hydrogen-bond acceptors (Lipinski definition) is 3. The molecule has 1 saturated carbocycles. The molecule has 1 saturated heterocycles. The molecular formula is C16H31NOS. The maximum atomic E-state index is 9.90. The molecule has 3 atom stereocenters. The van der Waals surface area contributed by atoms with Gasteiger partial charge >= 0.3 is 0 Å². The van der Waals surface area contributed by atoms with Crippen molar-refractivity contribution >= 4 is 12.6 Å². The molecule has 2 nitrogen and oxygen atoms in total. The molecule has 1 heterocycles. The lowest BCUT2D eigenvalue weighted by Gasteiger charge is -2.17. The van der Waals surface area contributed by atoms with Crippen molar-refractivity contribution in [3.8, 4) is 0 Å². The molecule has 3 unspecified atom stereocenters. The predicted molar refractivity (Wildman–Crippen MR) is 84.8 cm³/mol. The molecule has 1 aliphatic carbocycles. The molecule has 0 aromatic carbocycles. The number of aliphatic hydroxyl groups is 1.